The molecule has 2 heterocycles. The molecule has 0 aliphatic carbocycles. The van der Waals surface area contributed by atoms with E-state index in [1.165, 1.54) is 19.1 Å². The van der Waals surface area contributed by atoms with Crippen LogP contribution in [0.2, 0.25) is 0 Å². The van der Waals surface area contributed by atoms with E-state index in [0.717, 1.165) is 0 Å². The first-order valence-corrected chi connectivity index (χ1v) is 11.8. The summed E-state index contributed by atoms with van der Waals surface area (Å²) < 4.78 is 10.8. The van der Waals surface area contributed by atoms with Crippen molar-refractivity contribution in [1.29, 1.82) is 5.41 Å². The van der Waals surface area contributed by atoms with Crippen LogP contribution in [0.3, 0.4) is 0 Å². The minimum absolute atomic E-state index is 0.148. The van der Waals surface area contributed by atoms with Crippen LogP contribution in [0.4, 0.5) is 0 Å². The van der Waals surface area contributed by atoms with Gasteiger partial charge in [0.25, 0.3) is 7.55 Å². The number of hydrogen-bond donors (Lipinski definition) is 10. The number of nitrogens with two attached hydrogens (primary N) is 1. The molecule has 11 N–H and O–H groups in total. The van der Waals surface area contributed by atoms with Gasteiger partial charge in [0.15, 0.2) is 5.96 Å². The Morgan fingerprint density at radius 3 is 2.49 bits per heavy atom. The lowest BCUT2D eigenvalue weighted by Crippen LogP contribution is -2.51. The van der Waals surface area contributed by atoms with Crippen LogP contribution < -0.4 is 26.8 Å². The second kappa shape index (κ2) is 14.4. The van der Waals surface area contributed by atoms with E-state index in [9.17, 15) is 29.7 Å². The van der Waals surface area contributed by atoms with E-state index < -0.39 is 48.4 Å². The standard InChI is InChI=1S/C21H35BN6O9/c1-10(29)27-14-2-3-16(19(32)33)37-18(14)15(31)4-5-25-22-26-9-12(30)8-13-6-11(28-21(23)24)7-17(36-13)20(34)35/h3,7,11-15,18,22,25-26,30-31H,2,4-6,8-9H2,1H3,(H,27,29)(H,32,33)(H,34,35)(H4,23,24,28)/t11-,12+,13-,14-,15-,18-/m1/s1. The fraction of sp³-hybridized carbons (Fsp3) is 0.619. The average molecular weight is 526 g/mol. The quantitative estimate of drug-likeness (QED) is 0.0464. The minimum Gasteiger partial charge on any atom is -0.483 e. The SMILES string of the molecule is CC(=O)N[C@@H]1CC=C(C(=O)O)O[C@H]1[C@H](O)CCNBNC[C@@H](O)C[C@H]1C[C@@H](NC(=N)N)C=C(C(=O)O)O1. The Morgan fingerprint density at radius 1 is 1.16 bits per heavy atom. The van der Waals surface area contributed by atoms with E-state index in [-0.39, 0.29) is 56.7 Å². The van der Waals surface area contributed by atoms with Crippen LogP contribution in [0.15, 0.2) is 23.7 Å². The molecular formula is C21H35BN6O9. The molecule has 206 valence electrons. The van der Waals surface area contributed by atoms with E-state index in [0.29, 0.717) is 13.0 Å². The first-order valence-electron chi connectivity index (χ1n) is 11.8. The van der Waals surface area contributed by atoms with Crippen LogP contribution in [0.5, 0.6) is 0 Å². The molecule has 0 fully saturated rings. The summed E-state index contributed by atoms with van der Waals surface area (Å²) in [6.45, 7) is 1.83. The zero-order valence-electron chi connectivity index (χ0n) is 20.5. The van der Waals surface area contributed by atoms with Gasteiger partial charge >= 0.3 is 11.9 Å². The summed E-state index contributed by atoms with van der Waals surface area (Å²) in [6.07, 6.45) is 0.185. The predicted octanol–water partition coefficient (Wildman–Crippen LogP) is -3.19. The lowest BCUT2D eigenvalue weighted by Gasteiger charge is -2.34. The number of amides is 1. The van der Waals surface area contributed by atoms with Gasteiger partial charge in [0, 0.05) is 26.3 Å². The topological polar surface area (TPSA) is 249 Å². The number of hydrogen-bond acceptors (Lipinski definition) is 10. The molecule has 2 aliphatic heterocycles. The maximum Gasteiger partial charge on any atom is 0.370 e. The molecule has 0 aromatic rings. The molecule has 2 rings (SSSR count). The predicted molar refractivity (Wildman–Crippen MR) is 131 cm³/mol. The van der Waals surface area contributed by atoms with Crippen LogP contribution in [0.1, 0.15) is 32.6 Å². The number of carboxylic acids is 2. The zero-order chi connectivity index (χ0) is 27.5. The molecule has 15 nitrogen and oxygen atoms in total. The number of guanidine groups is 1. The van der Waals surface area contributed by atoms with E-state index in [1.807, 2.05) is 0 Å². The Kier molecular flexibility index (Phi) is 11.6. The molecule has 0 aromatic carbocycles. The Balaban J connectivity index is 1.71. The van der Waals surface area contributed by atoms with Crippen LogP contribution in [-0.4, -0.2) is 101 Å². The summed E-state index contributed by atoms with van der Waals surface area (Å²) >= 11 is 0. The van der Waals surface area contributed by atoms with Crippen molar-refractivity contribution in [2.75, 3.05) is 13.1 Å². The molecule has 37 heavy (non-hydrogen) atoms. The molecule has 0 aromatic heterocycles. The van der Waals surface area contributed by atoms with Crippen molar-refractivity contribution in [3.8, 4) is 0 Å². The third-order valence-electron chi connectivity index (χ3n) is 5.69. The molecule has 0 bridgehead atoms. The lowest BCUT2D eigenvalue weighted by atomic mass is 9.96. The summed E-state index contributed by atoms with van der Waals surface area (Å²) in [7, 11) is 0.283. The van der Waals surface area contributed by atoms with Gasteiger partial charge in [-0.25, -0.2) is 9.59 Å². The smallest absolute Gasteiger partial charge is 0.370 e. The number of rotatable bonds is 14. The highest BCUT2D eigenvalue weighted by molar-refractivity contribution is 6.28. The van der Waals surface area contributed by atoms with Gasteiger partial charge in [-0.1, -0.05) is 0 Å². The zero-order valence-corrected chi connectivity index (χ0v) is 20.5. The van der Waals surface area contributed by atoms with Crippen molar-refractivity contribution in [2.24, 2.45) is 5.73 Å². The number of aliphatic hydroxyl groups excluding tert-OH is 2. The first-order chi connectivity index (χ1) is 17.5. The number of aliphatic carboxylic acids is 2. The van der Waals surface area contributed by atoms with Crippen molar-refractivity contribution in [1.82, 2.24) is 21.1 Å². The molecule has 16 heteroatoms. The Bertz CT molecular complexity index is 902. The Labute approximate surface area is 214 Å². The van der Waals surface area contributed by atoms with Crippen molar-refractivity contribution in [3.63, 3.8) is 0 Å². The molecule has 2 aliphatic rings. The molecule has 1 amide bonds. The lowest BCUT2D eigenvalue weighted by molar-refractivity contribution is -0.141. The van der Waals surface area contributed by atoms with Crippen LogP contribution in [0, 0.1) is 5.41 Å². The maximum absolute atomic E-state index is 11.4. The monoisotopic (exact) mass is 526 g/mol. The Hall–Kier alpha value is -3.34. The molecule has 0 spiro atoms. The summed E-state index contributed by atoms with van der Waals surface area (Å²) in [5.74, 6) is -3.67. The molecule has 0 unspecified atom stereocenters. The highest BCUT2D eigenvalue weighted by Crippen LogP contribution is 2.23. The summed E-state index contributed by atoms with van der Waals surface area (Å²) in [5.41, 5.74) is 5.33. The third kappa shape index (κ3) is 10.3. The van der Waals surface area contributed by atoms with Crippen molar-refractivity contribution in [2.45, 2.75) is 69.1 Å². The summed E-state index contributed by atoms with van der Waals surface area (Å²) in [5, 5.41) is 57.9. The highest BCUT2D eigenvalue weighted by Gasteiger charge is 2.35. The molecule has 0 radical (unpaired) electrons. The number of ether oxygens (including phenoxy) is 2. The van der Waals surface area contributed by atoms with Crippen molar-refractivity contribution >= 4 is 31.4 Å². The number of carboxylic acid groups (broad SMARTS) is 2. The van der Waals surface area contributed by atoms with Gasteiger partial charge in [-0.2, -0.15) is 0 Å². The highest BCUT2D eigenvalue weighted by atomic mass is 16.5. The fourth-order valence-corrected chi connectivity index (χ4v) is 4.12. The van der Waals surface area contributed by atoms with Gasteiger partial charge < -0.3 is 56.7 Å². The van der Waals surface area contributed by atoms with E-state index in [2.05, 4.69) is 21.1 Å². The number of nitrogens with one attached hydrogen (secondary N) is 5. The van der Waals surface area contributed by atoms with Gasteiger partial charge in [-0.15, -0.1) is 0 Å². The normalized spacial score (nSPS) is 24.7. The maximum atomic E-state index is 11.4. The largest absolute Gasteiger partial charge is 0.483 e. The van der Waals surface area contributed by atoms with Gasteiger partial charge in [0.05, 0.1) is 24.3 Å². The van der Waals surface area contributed by atoms with Crippen LogP contribution in [0.25, 0.3) is 0 Å². The van der Waals surface area contributed by atoms with Crippen molar-refractivity contribution < 1.29 is 44.3 Å². The van der Waals surface area contributed by atoms with Crippen LogP contribution >= 0.6 is 0 Å². The van der Waals surface area contributed by atoms with E-state index >= 15 is 0 Å². The number of aliphatic hydroxyl groups is 2. The first kappa shape index (κ1) is 29.9. The second-order valence-electron chi connectivity index (χ2n) is 8.85. The van der Waals surface area contributed by atoms with Crippen LogP contribution in [-0.2, 0) is 23.9 Å². The third-order valence-corrected chi connectivity index (χ3v) is 5.69. The van der Waals surface area contributed by atoms with Gasteiger partial charge in [-0.05, 0) is 31.5 Å². The number of carbonyl (C=O) groups is 3. The van der Waals surface area contributed by atoms with Crippen molar-refractivity contribution in [3.05, 3.63) is 23.7 Å². The summed E-state index contributed by atoms with van der Waals surface area (Å²) in [6, 6.07) is -1.07. The molecular weight excluding hydrogens is 491 g/mol. The van der Waals surface area contributed by atoms with Gasteiger partial charge in [0.1, 0.15) is 12.2 Å². The second-order valence-corrected chi connectivity index (χ2v) is 8.85. The van der Waals surface area contributed by atoms with E-state index in [1.54, 1.807) is 0 Å². The number of carbonyl (C=O) groups excluding carboxylic acids is 1. The summed E-state index contributed by atoms with van der Waals surface area (Å²) in [4.78, 5) is 33.9. The minimum atomic E-state index is -1.25. The van der Waals surface area contributed by atoms with E-state index in [4.69, 9.17) is 25.7 Å². The molecule has 0 saturated heterocycles. The molecule has 6 atom stereocenters. The van der Waals surface area contributed by atoms with Gasteiger partial charge in [-0.3, -0.25) is 10.2 Å². The Morgan fingerprint density at radius 2 is 1.86 bits per heavy atom. The van der Waals surface area contributed by atoms with Gasteiger partial charge in [0.2, 0.25) is 17.4 Å². The fourth-order valence-electron chi connectivity index (χ4n) is 4.12. The average Bonchev–Trinajstić information content (AvgIpc) is 2.80. The molecule has 0 saturated carbocycles.